The van der Waals surface area contributed by atoms with Crippen molar-refractivity contribution in [3.63, 3.8) is 0 Å². The summed E-state index contributed by atoms with van der Waals surface area (Å²) < 4.78 is 52.9. The maximum Gasteiger partial charge on any atom is 0.187 e. The van der Waals surface area contributed by atoms with Crippen LogP contribution in [-0.4, -0.2) is 9.78 Å². The highest BCUT2D eigenvalue weighted by Gasteiger charge is 2.21. The van der Waals surface area contributed by atoms with Gasteiger partial charge in [0.2, 0.25) is 0 Å². The van der Waals surface area contributed by atoms with E-state index in [0.29, 0.717) is 4.68 Å². The molecule has 0 aliphatic rings. The monoisotopic (exact) mass is 231 g/mol. The van der Waals surface area contributed by atoms with E-state index < -0.39 is 29.0 Å². The molecule has 2 rings (SSSR count). The van der Waals surface area contributed by atoms with E-state index in [2.05, 4.69) is 5.10 Å². The van der Waals surface area contributed by atoms with Gasteiger partial charge in [0.25, 0.3) is 0 Å². The number of nitrogens with two attached hydrogens (primary N) is 1. The number of hydrogen-bond acceptors (Lipinski definition) is 2. The Balaban J connectivity index is 2.73. The van der Waals surface area contributed by atoms with Crippen molar-refractivity contribution in [1.82, 2.24) is 9.78 Å². The quantitative estimate of drug-likeness (QED) is 0.602. The molecule has 0 unspecified atom stereocenters. The van der Waals surface area contributed by atoms with Crippen molar-refractivity contribution < 1.29 is 17.6 Å². The molecule has 0 bridgehead atoms. The number of rotatable bonds is 1. The minimum absolute atomic E-state index is 0.0246. The second kappa shape index (κ2) is 3.51. The molecular weight excluding hydrogens is 226 g/mol. The fourth-order valence-corrected chi connectivity index (χ4v) is 1.22. The molecule has 0 atom stereocenters. The summed E-state index contributed by atoms with van der Waals surface area (Å²) in [4.78, 5) is 0. The van der Waals surface area contributed by atoms with Crippen LogP contribution in [0.15, 0.2) is 18.3 Å². The first-order chi connectivity index (χ1) is 7.50. The number of anilines is 1. The Morgan fingerprint density at radius 2 is 1.62 bits per heavy atom. The van der Waals surface area contributed by atoms with Crippen LogP contribution in [0.25, 0.3) is 5.69 Å². The van der Waals surface area contributed by atoms with Gasteiger partial charge in [-0.1, -0.05) is 0 Å². The zero-order valence-electron chi connectivity index (χ0n) is 7.72. The Kier molecular flexibility index (Phi) is 2.30. The van der Waals surface area contributed by atoms with E-state index in [0.717, 1.165) is 6.20 Å². The normalized spacial score (nSPS) is 10.8. The van der Waals surface area contributed by atoms with Crippen LogP contribution >= 0.6 is 0 Å². The van der Waals surface area contributed by atoms with E-state index in [1.165, 1.54) is 6.07 Å². The van der Waals surface area contributed by atoms with E-state index >= 15 is 0 Å². The Hall–Kier alpha value is -2.05. The predicted octanol–water partition coefficient (Wildman–Crippen LogP) is 2.01. The molecule has 0 spiro atoms. The third kappa shape index (κ3) is 1.50. The van der Waals surface area contributed by atoms with Crippen molar-refractivity contribution in [1.29, 1.82) is 0 Å². The molecular formula is C9H5F4N3. The average Bonchev–Trinajstić information content (AvgIpc) is 2.62. The molecule has 84 valence electrons. The molecule has 0 saturated carbocycles. The number of benzene rings is 1. The lowest BCUT2D eigenvalue weighted by molar-refractivity contribution is 0.444. The number of nitrogens with zero attached hydrogens (tertiary/aromatic N) is 2. The summed E-state index contributed by atoms with van der Waals surface area (Å²) >= 11 is 0. The second-order valence-corrected chi connectivity index (χ2v) is 3.00. The summed E-state index contributed by atoms with van der Waals surface area (Å²) in [5.74, 6) is -6.07. The lowest BCUT2D eigenvalue weighted by atomic mass is 10.2. The van der Waals surface area contributed by atoms with Gasteiger partial charge >= 0.3 is 0 Å². The van der Waals surface area contributed by atoms with Crippen molar-refractivity contribution in [2.75, 3.05) is 5.73 Å². The smallest absolute Gasteiger partial charge is 0.187 e. The summed E-state index contributed by atoms with van der Waals surface area (Å²) in [6.45, 7) is 0. The standard InChI is InChI=1S/C9H5F4N3/c10-4-3-5(11)8(13)9(7(4)12)16-2-1-6(14)15-16/h1-3H,(H2,14,15). The van der Waals surface area contributed by atoms with Crippen LogP contribution in [0.5, 0.6) is 0 Å². The summed E-state index contributed by atoms with van der Waals surface area (Å²) in [6, 6.07) is 1.36. The first-order valence-electron chi connectivity index (χ1n) is 4.15. The maximum atomic E-state index is 13.3. The molecule has 0 saturated heterocycles. The maximum absolute atomic E-state index is 13.3. The highest BCUT2D eigenvalue weighted by atomic mass is 19.2. The fourth-order valence-electron chi connectivity index (χ4n) is 1.22. The third-order valence-electron chi connectivity index (χ3n) is 1.93. The SMILES string of the molecule is Nc1ccn(-c2c(F)c(F)cc(F)c2F)n1. The number of hydrogen-bond donors (Lipinski definition) is 1. The molecule has 0 aliphatic carbocycles. The minimum atomic E-state index is -1.53. The van der Waals surface area contributed by atoms with Crippen molar-refractivity contribution in [3.05, 3.63) is 41.6 Å². The Bertz CT molecular complexity index is 524. The zero-order valence-corrected chi connectivity index (χ0v) is 7.72. The van der Waals surface area contributed by atoms with Crippen molar-refractivity contribution in [2.45, 2.75) is 0 Å². The largest absolute Gasteiger partial charge is 0.382 e. The van der Waals surface area contributed by atoms with Gasteiger partial charge in [-0.2, -0.15) is 5.10 Å². The van der Waals surface area contributed by atoms with Crippen LogP contribution in [0.4, 0.5) is 23.4 Å². The summed E-state index contributed by atoms with van der Waals surface area (Å²) in [5.41, 5.74) is 4.29. The summed E-state index contributed by atoms with van der Waals surface area (Å²) in [7, 11) is 0. The topological polar surface area (TPSA) is 43.8 Å². The van der Waals surface area contributed by atoms with E-state index in [-0.39, 0.29) is 11.9 Å². The third-order valence-corrected chi connectivity index (χ3v) is 1.93. The fraction of sp³-hybridized carbons (Fsp3) is 0. The van der Waals surface area contributed by atoms with Crippen LogP contribution in [0, 0.1) is 23.3 Å². The molecule has 0 amide bonds. The molecule has 2 aromatic rings. The second-order valence-electron chi connectivity index (χ2n) is 3.00. The van der Waals surface area contributed by atoms with E-state index in [4.69, 9.17) is 5.73 Å². The van der Waals surface area contributed by atoms with Crippen LogP contribution in [-0.2, 0) is 0 Å². The van der Waals surface area contributed by atoms with Crippen molar-refractivity contribution in [2.24, 2.45) is 0 Å². The van der Waals surface area contributed by atoms with Crippen LogP contribution in [0.2, 0.25) is 0 Å². The zero-order chi connectivity index (χ0) is 11.9. The molecule has 3 nitrogen and oxygen atoms in total. The lowest BCUT2D eigenvalue weighted by Crippen LogP contribution is -2.07. The van der Waals surface area contributed by atoms with Gasteiger partial charge in [-0.3, -0.25) is 0 Å². The van der Waals surface area contributed by atoms with Gasteiger partial charge in [-0.25, -0.2) is 22.2 Å². The van der Waals surface area contributed by atoms with Gasteiger partial charge in [0.15, 0.2) is 23.3 Å². The predicted molar refractivity (Wildman–Crippen MR) is 47.8 cm³/mol. The lowest BCUT2D eigenvalue weighted by Gasteiger charge is -2.06. The highest BCUT2D eigenvalue weighted by molar-refractivity contribution is 5.38. The number of halogens is 4. The Morgan fingerprint density at radius 1 is 1.06 bits per heavy atom. The van der Waals surface area contributed by atoms with Gasteiger partial charge in [0.05, 0.1) is 0 Å². The van der Waals surface area contributed by atoms with Crippen LogP contribution in [0.1, 0.15) is 0 Å². The number of nitrogen functional groups attached to an aromatic ring is 1. The molecule has 1 heterocycles. The molecule has 2 N–H and O–H groups in total. The Labute approximate surface area is 87.1 Å². The van der Waals surface area contributed by atoms with Gasteiger partial charge in [0.1, 0.15) is 11.5 Å². The molecule has 1 aromatic carbocycles. The van der Waals surface area contributed by atoms with Gasteiger partial charge in [-0.05, 0) is 0 Å². The van der Waals surface area contributed by atoms with E-state index in [1.807, 2.05) is 0 Å². The van der Waals surface area contributed by atoms with Crippen LogP contribution < -0.4 is 5.73 Å². The number of aromatic nitrogens is 2. The first kappa shape index (κ1) is 10.5. The molecule has 0 radical (unpaired) electrons. The minimum Gasteiger partial charge on any atom is -0.382 e. The van der Waals surface area contributed by atoms with E-state index in [1.54, 1.807) is 0 Å². The van der Waals surface area contributed by atoms with Crippen molar-refractivity contribution >= 4 is 5.82 Å². The van der Waals surface area contributed by atoms with Gasteiger partial charge in [-0.15, -0.1) is 0 Å². The van der Waals surface area contributed by atoms with Crippen molar-refractivity contribution in [3.8, 4) is 5.69 Å². The summed E-state index contributed by atoms with van der Waals surface area (Å²) in [5, 5.41) is 3.47. The van der Waals surface area contributed by atoms with Crippen LogP contribution in [0.3, 0.4) is 0 Å². The molecule has 7 heteroatoms. The Morgan fingerprint density at radius 3 is 2.06 bits per heavy atom. The van der Waals surface area contributed by atoms with Gasteiger partial charge in [0, 0.05) is 18.3 Å². The average molecular weight is 231 g/mol. The van der Waals surface area contributed by atoms with Gasteiger partial charge < -0.3 is 5.73 Å². The molecule has 1 aromatic heterocycles. The molecule has 0 aliphatic heterocycles. The first-order valence-corrected chi connectivity index (χ1v) is 4.15. The highest BCUT2D eigenvalue weighted by Crippen LogP contribution is 2.22. The molecule has 0 fully saturated rings. The van der Waals surface area contributed by atoms with E-state index in [9.17, 15) is 17.6 Å². The summed E-state index contributed by atoms with van der Waals surface area (Å²) in [6.07, 6.45) is 1.09. The molecule has 16 heavy (non-hydrogen) atoms.